The number of aryl methyl sites for hydroxylation is 1. The Hall–Kier alpha value is -1.69. The molecule has 3 heterocycles. The highest BCUT2D eigenvalue weighted by Gasteiger charge is 2.34. The van der Waals surface area contributed by atoms with Gasteiger partial charge in [0, 0.05) is 37.3 Å². The lowest BCUT2D eigenvalue weighted by atomic mass is 9.97. The molecule has 0 bridgehead atoms. The number of anilines is 1. The number of hydrogen-bond donors (Lipinski definition) is 1. The Kier molecular flexibility index (Phi) is 3.80. The number of carboxylic acids is 1. The molecule has 2 fully saturated rings. The fourth-order valence-corrected chi connectivity index (χ4v) is 3.12. The lowest BCUT2D eigenvalue weighted by molar-refractivity contribution is -0.142. The summed E-state index contributed by atoms with van der Waals surface area (Å²) in [6.07, 6.45) is 2.31. The van der Waals surface area contributed by atoms with Gasteiger partial charge in [-0.25, -0.2) is 9.97 Å². The Morgan fingerprint density at radius 1 is 1.33 bits per heavy atom. The molecule has 2 saturated heterocycles. The minimum Gasteiger partial charge on any atom is -0.481 e. The highest BCUT2D eigenvalue weighted by molar-refractivity contribution is 5.74. The summed E-state index contributed by atoms with van der Waals surface area (Å²) in [5.41, 5.74) is 0.960. The van der Waals surface area contributed by atoms with Crippen molar-refractivity contribution in [2.75, 3.05) is 38.1 Å². The quantitative estimate of drug-likeness (QED) is 0.899. The van der Waals surface area contributed by atoms with Gasteiger partial charge >= 0.3 is 5.97 Å². The third-order valence-electron chi connectivity index (χ3n) is 4.40. The van der Waals surface area contributed by atoms with Gasteiger partial charge in [0.05, 0.1) is 5.92 Å². The average molecular weight is 290 g/mol. The number of rotatable bonds is 3. The van der Waals surface area contributed by atoms with Gasteiger partial charge in [-0.05, 0) is 33.4 Å². The van der Waals surface area contributed by atoms with Gasteiger partial charge in [0.1, 0.15) is 11.6 Å². The number of aliphatic carboxylic acids is 1. The van der Waals surface area contributed by atoms with Gasteiger partial charge in [-0.2, -0.15) is 0 Å². The van der Waals surface area contributed by atoms with Gasteiger partial charge in [-0.1, -0.05) is 0 Å². The molecule has 6 nitrogen and oxygen atoms in total. The number of aromatic nitrogens is 2. The van der Waals surface area contributed by atoms with Gasteiger partial charge in [-0.3, -0.25) is 4.79 Å². The molecule has 0 aliphatic carbocycles. The smallest absolute Gasteiger partial charge is 0.310 e. The minimum absolute atomic E-state index is 0.260. The summed E-state index contributed by atoms with van der Waals surface area (Å²) in [6, 6.07) is 1.95. The Morgan fingerprint density at radius 2 is 2.10 bits per heavy atom. The summed E-state index contributed by atoms with van der Waals surface area (Å²) in [7, 11) is 2.13. The maximum Gasteiger partial charge on any atom is 0.310 e. The monoisotopic (exact) mass is 290 g/mol. The van der Waals surface area contributed by atoms with Crippen LogP contribution in [0.2, 0.25) is 0 Å². The SMILES string of the molecule is Cc1cc(N2CC(C(=O)O)C2)nc(C2CCCN(C)C2)n1. The molecule has 114 valence electrons. The van der Waals surface area contributed by atoms with Crippen LogP contribution in [0.15, 0.2) is 6.07 Å². The van der Waals surface area contributed by atoms with E-state index in [1.165, 1.54) is 6.42 Å². The average Bonchev–Trinajstić information content (AvgIpc) is 2.35. The summed E-state index contributed by atoms with van der Waals surface area (Å²) in [5, 5.41) is 8.98. The molecular formula is C15H22N4O2. The van der Waals surface area contributed by atoms with Crippen LogP contribution in [0.25, 0.3) is 0 Å². The number of likely N-dealkylation sites (tertiary alicyclic amines) is 1. The highest BCUT2D eigenvalue weighted by Crippen LogP contribution is 2.28. The van der Waals surface area contributed by atoms with Crippen LogP contribution in [0.1, 0.15) is 30.3 Å². The first kappa shape index (κ1) is 14.3. The zero-order chi connectivity index (χ0) is 15.0. The molecule has 6 heteroatoms. The van der Waals surface area contributed by atoms with Crippen LogP contribution in [-0.4, -0.2) is 59.2 Å². The van der Waals surface area contributed by atoms with Gasteiger partial charge < -0.3 is 14.9 Å². The Labute approximate surface area is 124 Å². The van der Waals surface area contributed by atoms with Crippen LogP contribution < -0.4 is 4.90 Å². The molecule has 21 heavy (non-hydrogen) atoms. The van der Waals surface area contributed by atoms with E-state index < -0.39 is 5.97 Å². The normalized spacial score (nSPS) is 23.9. The molecule has 1 unspecified atom stereocenters. The second-order valence-electron chi connectivity index (χ2n) is 6.27. The van der Waals surface area contributed by atoms with Crippen LogP contribution in [0.3, 0.4) is 0 Å². The van der Waals surface area contributed by atoms with Crippen molar-refractivity contribution in [3.8, 4) is 0 Å². The molecule has 0 amide bonds. The lowest BCUT2D eigenvalue weighted by Crippen LogP contribution is -2.51. The van der Waals surface area contributed by atoms with Gasteiger partial charge in [0.25, 0.3) is 0 Å². The number of piperidine rings is 1. The van der Waals surface area contributed by atoms with Crippen molar-refractivity contribution in [1.82, 2.24) is 14.9 Å². The Balaban J connectivity index is 1.76. The summed E-state index contributed by atoms with van der Waals surface area (Å²) in [4.78, 5) is 24.6. The number of carboxylic acid groups (broad SMARTS) is 1. The Bertz CT molecular complexity index is 542. The van der Waals surface area contributed by atoms with E-state index in [-0.39, 0.29) is 5.92 Å². The van der Waals surface area contributed by atoms with Crippen LogP contribution >= 0.6 is 0 Å². The molecule has 1 aromatic heterocycles. The van der Waals surface area contributed by atoms with Crippen LogP contribution in [-0.2, 0) is 4.79 Å². The molecule has 0 radical (unpaired) electrons. The second-order valence-corrected chi connectivity index (χ2v) is 6.27. The third-order valence-corrected chi connectivity index (χ3v) is 4.40. The second kappa shape index (κ2) is 5.60. The van der Waals surface area contributed by atoms with Crippen molar-refractivity contribution in [1.29, 1.82) is 0 Å². The third kappa shape index (κ3) is 3.00. The van der Waals surface area contributed by atoms with E-state index >= 15 is 0 Å². The molecule has 0 spiro atoms. The molecule has 0 saturated carbocycles. The first-order valence-electron chi connectivity index (χ1n) is 7.55. The summed E-state index contributed by atoms with van der Waals surface area (Å²) >= 11 is 0. The maximum absolute atomic E-state index is 10.9. The van der Waals surface area contributed by atoms with E-state index in [0.717, 1.165) is 36.8 Å². The van der Waals surface area contributed by atoms with E-state index in [2.05, 4.69) is 16.9 Å². The van der Waals surface area contributed by atoms with Crippen molar-refractivity contribution >= 4 is 11.8 Å². The van der Waals surface area contributed by atoms with E-state index in [4.69, 9.17) is 10.1 Å². The fourth-order valence-electron chi connectivity index (χ4n) is 3.12. The zero-order valence-corrected chi connectivity index (χ0v) is 12.6. The molecule has 1 atom stereocenters. The molecule has 0 aromatic carbocycles. The van der Waals surface area contributed by atoms with E-state index in [1.807, 2.05) is 17.9 Å². The highest BCUT2D eigenvalue weighted by atomic mass is 16.4. The largest absolute Gasteiger partial charge is 0.481 e. The van der Waals surface area contributed by atoms with Crippen LogP contribution in [0, 0.1) is 12.8 Å². The minimum atomic E-state index is -0.717. The fraction of sp³-hybridized carbons (Fsp3) is 0.667. The predicted molar refractivity (Wildman–Crippen MR) is 79.6 cm³/mol. The van der Waals surface area contributed by atoms with Gasteiger partial charge in [-0.15, -0.1) is 0 Å². The molecule has 1 aromatic rings. The van der Waals surface area contributed by atoms with Crippen molar-refractivity contribution in [3.63, 3.8) is 0 Å². The number of hydrogen-bond acceptors (Lipinski definition) is 5. The summed E-state index contributed by atoms with van der Waals surface area (Å²) in [5.74, 6) is 1.20. The van der Waals surface area contributed by atoms with E-state index in [1.54, 1.807) is 0 Å². The number of carbonyl (C=O) groups is 1. The maximum atomic E-state index is 10.9. The molecule has 2 aliphatic rings. The molecule has 1 N–H and O–H groups in total. The van der Waals surface area contributed by atoms with Crippen LogP contribution in [0.4, 0.5) is 5.82 Å². The predicted octanol–water partition coefficient (Wildman–Crippen LogP) is 1.12. The van der Waals surface area contributed by atoms with E-state index in [9.17, 15) is 4.79 Å². The summed E-state index contributed by atoms with van der Waals surface area (Å²) < 4.78 is 0. The van der Waals surface area contributed by atoms with Crippen molar-refractivity contribution in [2.24, 2.45) is 5.92 Å². The molecule has 2 aliphatic heterocycles. The van der Waals surface area contributed by atoms with Crippen molar-refractivity contribution in [2.45, 2.75) is 25.7 Å². The first-order valence-corrected chi connectivity index (χ1v) is 7.55. The standard InChI is InChI=1S/C15H22N4O2/c1-10-6-13(19-8-12(9-19)15(20)21)17-14(16-10)11-4-3-5-18(2)7-11/h6,11-12H,3-5,7-9H2,1-2H3,(H,20,21). The number of nitrogens with zero attached hydrogens (tertiary/aromatic N) is 4. The zero-order valence-electron chi connectivity index (χ0n) is 12.6. The van der Waals surface area contributed by atoms with Gasteiger partial charge in [0.15, 0.2) is 0 Å². The lowest BCUT2D eigenvalue weighted by Gasteiger charge is -2.38. The summed E-state index contributed by atoms with van der Waals surface area (Å²) in [6.45, 7) is 5.23. The molecular weight excluding hydrogens is 268 g/mol. The van der Waals surface area contributed by atoms with E-state index in [0.29, 0.717) is 19.0 Å². The first-order chi connectivity index (χ1) is 10.0. The van der Waals surface area contributed by atoms with Gasteiger partial charge in [0.2, 0.25) is 0 Å². The van der Waals surface area contributed by atoms with Crippen molar-refractivity contribution < 1.29 is 9.90 Å². The van der Waals surface area contributed by atoms with Crippen LogP contribution in [0.5, 0.6) is 0 Å². The van der Waals surface area contributed by atoms with Crippen molar-refractivity contribution in [3.05, 3.63) is 17.6 Å². The number of likely N-dealkylation sites (N-methyl/N-ethyl adjacent to an activating group) is 1. The Morgan fingerprint density at radius 3 is 2.76 bits per heavy atom. The topological polar surface area (TPSA) is 69.6 Å². The molecule has 3 rings (SSSR count).